The van der Waals surface area contributed by atoms with Gasteiger partial charge in [-0.3, -0.25) is 4.79 Å². The predicted molar refractivity (Wildman–Crippen MR) is 109 cm³/mol. The highest BCUT2D eigenvalue weighted by Crippen LogP contribution is 2.22. The van der Waals surface area contributed by atoms with E-state index in [9.17, 15) is 4.79 Å². The Bertz CT molecular complexity index is 567. The van der Waals surface area contributed by atoms with Gasteiger partial charge in [-0.25, -0.2) is 4.99 Å². The molecule has 1 aliphatic carbocycles. The summed E-state index contributed by atoms with van der Waals surface area (Å²) >= 11 is 0. The number of carbonyl (C=O) groups is 1. The molecule has 1 heterocycles. The Balaban J connectivity index is 0.00000208. The third-order valence-electron chi connectivity index (χ3n) is 4.71. The molecule has 0 atom stereocenters. The second-order valence-corrected chi connectivity index (χ2v) is 6.50. The number of amides is 1. The second kappa shape index (κ2) is 9.25. The van der Waals surface area contributed by atoms with Crippen LogP contribution in [0.15, 0.2) is 29.3 Å². The van der Waals surface area contributed by atoms with Gasteiger partial charge in [0.25, 0.3) is 0 Å². The Labute approximate surface area is 161 Å². The SMILES string of the molecule is I.NC(=NCc1ccc(N2CCCC2=O)cc1)NC1CCCCC1. The minimum absolute atomic E-state index is 0. The van der Waals surface area contributed by atoms with Gasteiger partial charge >= 0.3 is 0 Å². The van der Waals surface area contributed by atoms with Gasteiger partial charge in [-0.15, -0.1) is 24.0 Å². The monoisotopic (exact) mass is 442 g/mol. The number of carbonyl (C=O) groups excluding carboxylic acids is 1. The van der Waals surface area contributed by atoms with Crippen LogP contribution in [0.2, 0.25) is 0 Å². The van der Waals surface area contributed by atoms with Crippen LogP contribution < -0.4 is 16.0 Å². The maximum atomic E-state index is 11.7. The molecule has 0 bridgehead atoms. The van der Waals surface area contributed by atoms with Crippen molar-refractivity contribution in [3.05, 3.63) is 29.8 Å². The van der Waals surface area contributed by atoms with Gasteiger partial charge in [0.1, 0.15) is 0 Å². The number of hydrogen-bond acceptors (Lipinski definition) is 2. The number of anilines is 1. The van der Waals surface area contributed by atoms with Crippen LogP contribution in [0.5, 0.6) is 0 Å². The summed E-state index contributed by atoms with van der Waals surface area (Å²) in [6.45, 7) is 1.40. The normalized spacial score (nSPS) is 19.2. The van der Waals surface area contributed by atoms with Crippen LogP contribution in [0.1, 0.15) is 50.5 Å². The zero-order valence-electron chi connectivity index (χ0n) is 14.0. The molecule has 1 aromatic carbocycles. The van der Waals surface area contributed by atoms with E-state index in [1.54, 1.807) is 0 Å². The lowest BCUT2D eigenvalue weighted by atomic mass is 9.96. The molecule has 3 rings (SSSR count). The van der Waals surface area contributed by atoms with Crippen molar-refractivity contribution in [1.29, 1.82) is 0 Å². The molecule has 132 valence electrons. The van der Waals surface area contributed by atoms with Crippen LogP contribution >= 0.6 is 24.0 Å². The van der Waals surface area contributed by atoms with Gasteiger partial charge in [-0.2, -0.15) is 0 Å². The molecule has 1 amide bonds. The van der Waals surface area contributed by atoms with Crippen LogP contribution in [-0.2, 0) is 11.3 Å². The molecule has 1 saturated heterocycles. The molecule has 2 aliphatic rings. The van der Waals surface area contributed by atoms with Crippen molar-refractivity contribution in [2.75, 3.05) is 11.4 Å². The van der Waals surface area contributed by atoms with Gasteiger partial charge in [-0.05, 0) is 37.0 Å². The van der Waals surface area contributed by atoms with Crippen molar-refractivity contribution in [1.82, 2.24) is 5.32 Å². The number of guanidine groups is 1. The summed E-state index contributed by atoms with van der Waals surface area (Å²) in [5, 5.41) is 3.33. The molecule has 24 heavy (non-hydrogen) atoms. The highest BCUT2D eigenvalue weighted by Gasteiger charge is 2.21. The number of hydrogen-bond donors (Lipinski definition) is 2. The molecule has 0 unspecified atom stereocenters. The first-order valence-electron chi connectivity index (χ1n) is 8.68. The molecule has 6 heteroatoms. The third kappa shape index (κ3) is 5.09. The third-order valence-corrected chi connectivity index (χ3v) is 4.71. The van der Waals surface area contributed by atoms with Crippen LogP contribution in [0, 0.1) is 0 Å². The van der Waals surface area contributed by atoms with Crippen molar-refractivity contribution in [2.45, 2.75) is 57.5 Å². The van der Waals surface area contributed by atoms with E-state index in [-0.39, 0.29) is 29.9 Å². The molecule has 2 fully saturated rings. The van der Waals surface area contributed by atoms with E-state index in [1.165, 1.54) is 32.1 Å². The summed E-state index contributed by atoms with van der Waals surface area (Å²) in [5.41, 5.74) is 8.07. The summed E-state index contributed by atoms with van der Waals surface area (Å²) in [7, 11) is 0. The largest absolute Gasteiger partial charge is 0.370 e. The van der Waals surface area contributed by atoms with Gasteiger partial charge in [0.15, 0.2) is 5.96 Å². The van der Waals surface area contributed by atoms with Gasteiger partial charge in [0.05, 0.1) is 6.54 Å². The Morgan fingerprint density at radius 1 is 1.17 bits per heavy atom. The zero-order valence-corrected chi connectivity index (χ0v) is 16.4. The molecule has 1 aromatic rings. The van der Waals surface area contributed by atoms with Gasteiger partial charge < -0.3 is 16.0 Å². The van der Waals surface area contributed by atoms with Crippen molar-refractivity contribution in [2.24, 2.45) is 10.7 Å². The standard InChI is InChI=1S/C18H26N4O.HI/c19-18(21-15-5-2-1-3-6-15)20-13-14-8-10-16(11-9-14)22-12-4-7-17(22)23;/h8-11,15H,1-7,12-13H2,(H3,19,20,21);1H. The van der Waals surface area contributed by atoms with Gasteiger partial charge in [-0.1, -0.05) is 31.4 Å². The van der Waals surface area contributed by atoms with Crippen molar-refractivity contribution < 1.29 is 4.79 Å². The average Bonchev–Trinajstić information content (AvgIpc) is 3.00. The van der Waals surface area contributed by atoms with Crippen LogP contribution in [0.25, 0.3) is 0 Å². The molecular weight excluding hydrogens is 415 g/mol. The fourth-order valence-corrected chi connectivity index (χ4v) is 3.38. The van der Waals surface area contributed by atoms with E-state index in [1.807, 2.05) is 29.2 Å². The minimum Gasteiger partial charge on any atom is -0.370 e. The van der Waals surface area contributed by atoms with Gasteiger partial charge in [0.2, 0.25) is 5.91 Å². The number of aliphatic imine (C=N–C) groups is 1. The van der Waals surface area contributed by atoms with Crippen LogP contribution in [0.3, 0.4) is 0 Å². The number of benzene rings is 1. The predicted octanol–water partition coefficient (Wildman–Crippen LogP) is 3.17. The smallest absolute Gasteiger partial charge is 0.227 e. The molecule has 0 spiro atoms. The van der Waals surface area contributed by atoms with E-state index >= 15 is 0 Å². The minimum atomic E-state index is 0. The van der Waals surface area contributed by atoms with Crippen molar-refractivity contribution in [3.8, 4) is 0 Å². The highest BCUT2D eigenvalue weighted by molar-refractivity contribution is 14.0. The number of nitrogens with two attached hydrogens (primary N) is 1. The van der Waals surface area contributed by atoms with Crippen LogP contribution in [0.4, 0.5) is 5.69 Å². The fourth-order valence-electron chi connectivity index (χ4n) is 3.38. The Morgan fingerprint density at radius 3 is 2.50 bits per heavy atom. The fraction of sp³-hybridized carbons (Fsp3) is 0.556. The maximum Gasteiger partial charge on any atom is 0.227 e. The van der Waals surface area contributed by atoms with E-state index < -0.39 is 0 Å². The molecule has 5 nitrogen and oxygen atoms in total. The first-order chi connectivity index (χ1) is 11.2. The lowest BCUT2D eigenvalue weighted by Gasteiger charge is -2.23. The molecular formula is C18H27IN4O. The number of halogens is 1. The van der Waals surface area contributed by atoms with Gasteiger partial charge in [0, 0.05) is 24.7 Å². The second-order valence-electron chi connectivity index (χ2n) is 6.50. The number of rotatable bonds is 4. The summed E-state index contributed by atoms with van der Waals surface area (Å²) in [6.07, 6.45) is 7.89. The average molecular weight is 442 g/mol. The topological polar surface area (TPSA) is 70.7 Å². The Hall–Kier alpha value is -1.31. The Morgan fingerprint density at radius 2 is 1.88 bits per heavy atom. The molecule has 1 aliphatic heterocycles. The lowest BCUT2D eigenvalue weighted by Crippen LogP contribution is -2.41. The molecule has 3 N–H and O–H groups in total. The lowest BCUT2D eigenvalue weighted by molar-refractivity contribution is -0.117. The molecule has 1 saturated carbocycles. The number of nitrogens with zero attached hydrogens (tertiary/aromatic N) is 2. The number of nitrogens with one attached hydrogen (secondary N) is 1. The Kier molecular flexibility index (Phi) is 7.33. The summed E-state index contributed by atoms with van der Waals surface area (Å²) in [4.78, 5) is 18.0. The van der Waals surface area contributed by atoms with Crippen molar-refractivity contribution >= 4 is 41.5 Å². The first kappa shape index (κ1) is 19.0. The van der Waals surface area contributed by atoms with E-state index in [0.717, 1.165) is 24.2 Å². The maximum absolute atomic E-state index is 11.7. The van der Waals surface area contributed by atoms with E-state index in [4.69, 9.17) is 5.73 Å². The van der Waals surface area contributed by atoms with E-state index in [0.29, 0.717) is 25.0 Å². The molecule has 0 aromatic heterocycles. The van der Waals surface area contributed by atoms with Crippen LogP contribution in [-0.4, -0.2) is 24.5 Å². The summed E-state index contributed by atoms with van der Waals surface area (Å²) < 4.78 is 0. The van der Waals surface area contributed by atoms with Crippen molar-refractivity contribution in [3.63, 3.8) is 0 Å². The zero-order chi connectivity index (χ0) is 16.1. The van der Waals surface area contributed by atoms with E-state index in [2.05, 4.69) is 10.3 Å². The highest BCUT2D eigenvalue weighted by atomic mass is 127. The summed E-state index contributed by atoms with van der Waals surface area (Å²) in [6, 6.07) is 8.53. The quantitative estimate of drug-likeness (QED) is 0.428. The first-order valence-corrected chi connectivity index (χ1v) is 8.68. The molecule has 0 radical (unpaired) electrons. The summed E-state index contributed by atoms with van der Waals surface area (Å²) in [5.74, 6) is 0.757.